The molecule has 0 saturated heterocycles. The van der Waals surface area contributed by atoms with Gasteiger partial charge in [0.05, 0.1) is 0 Å². The molecule has 0 aliphatic rings. The van der Waals surface area contributed by atoms with Gasteiger partial charge in [0, 0.05) is 4.83 Å². The van der Waals surface area contributed by atoms with Crippen molar-refractivity contribution in [2.75, 3.05) is 0 Å². The minimum atomic E-state index is 0.702. The van der Waals surface area contributed by atoms with E-state index >= 15 is 0 Å². The molecule has 0 aliphatic heterocycles. The lowest BCUT2D eigenvalue weighted by Crippen LogP contribution is -2.00. The maximum Gasteiger partial charge on any atom is 0.0117 e. The molecule has 0 saturated carbocycles. The third kappa shape index (κ3) is 5.28. The van der Waals surface area contributed by atoms with Crippen LogP contribution in [0.5, 0.6) is 0 Å². The molecule has 0 N–H and O–H groups in total. The second kappa shape index (κ2) is 6.21. The van der Waals surface area contributed by atoms with Gasteiger partial charge in [0.15, 0.2) is 0 Å². The number of rotatable bonds is 5. The van der Waals surface area contributed by atoms with Crippen LogP contribution < -0.4 is 0 Å². The maximum absolute atomic E-state index is 3.56. The number of hydrogen-bond acceptors (Lipinski definition) is 0. The zero-order chi connectivity index (χ0) is 7.98. The Morgan fingerprint density at radius 3 is 1.90 bits per heavy atom. The Balaban J connectivity index is 3.26. The van der Waals surface area contributed by atoms with Gasteiger partial charge in [-0.15, -0.1) is 0 Å². The van der Waals surface area contributed by atoms with Crippen LogP contribution in [0, 0.1) is 5.92 Å². The third-order valence-corrected chi connectivity index (χ3v) is 2.59. The fraction of sp³-hybridized carbons (Fsp3) is 1.00. The second-order valence-corrected chi connectivity index (χ2v) is 4.60. The molecule has 62 valence electrons. The Morgan fingerprint density at radius 1 is 1.10 bits per heavy atom. The molecule has 0 aromatic rings. The summed E-state index contributed by atoms with van der Waals surface area (Å²) in [5, 5.41) is 0. The van der Waals surface area contributed by atoms with Gasteiger partial charge in [0.1, 0.15) is 0 Å². The van der Waals surface area contributed by atoms with Gasteiger partial charge in [-0.2, -0.15) is 0 Å². The van der Waals surface area contributed by atoms with Gasteiger partial charge in [-0.05, 0) is 18.8 Å². The topological polar surface area (TPSA) is 0 Å². The molecular formula is C9H19Br. The van der Waals surface area contributed by atoms with Gasteiger partial charge in [-0.1, -0.05) is 49.5 Å². The van der Waals surface area contributed by atoms with Crippen molar-refractivity contribution in [2.45, 2.75) is 51.3 Å². The monoisotopic (exact) mass is 206 g/mol. The van der Waals surface area contributed by atoms with Gasteiger partial charge >= 0.3 is 0 Å². The van der Waals surface area contributed by atoms with Gasteiger partial charge in [-0.25, -0.2) is 0 Å². The second-order valence-electron chi connectivity index (χ2n) is 3.04. The summed E-state index contributed by atoms with van der Waals surface area (Å²) in [4.78, 5) is 0.702. The molecule has 0 rings (SSSR count). The van der Waals surface area contributed by atoms with E-state index in [2.05, 4.69) is 36.7 Å². The molecule has 0 spiro atoms. The van der Waals surface area contributed by atoms with Gasteiger partial charge in [0.25, 0.3) is 0 Å². The predicted octanol–water partition coefficient (Wildman–Crippen LogP) is 3.99. The van der Waals surface area contributed by atoms with E-state index < -0.39 is 0 Å². The molecule has 0 bridgehead atoms. The summed E-state index contributed by atoms with van der Waals surface area (Å²) in [5.41, 5.74) is 0. The van der Waals surface area contributed by atoms with Gasteiger partial charge in [-0.3, -0.25) is 0 Å². The highest BCUT2D eigenvalue weighted by molar-refractivity contribution is 9.09. The number of hydrogen-bond donors (Lipinski definition) is 0. The lowest BCUT2D eigenvalue weighted by atomic mass is 9.97. The molecule has 1 heteroatoms. The Morgan fingerprint density at radius 2 is 1.60 bits per heavy atom. The van der Waals surface area contributed by atoms with Crippen LogP contribution in [-0.2, 0) is 0 Å². The summed E-state index contributed by atoms with van der Waals surface area (Å²) in [6, 6.07) is 0. The van der Waals surface area contributed by atoms with Crippen molar-refractivity contribution in [3.8, 4) is 0 Å². The average Bonchev–Trinajstić information content (AvgIpc) is 1.90. The zero-order valence-corrected chi connectivity index (χ0v) is 8.95. The Bertz CT molecular complexity index is 65.1. The minimum absolute atomic E-state index is 0.702. The molecule has 10 heavy (non-hydrogen) atoms. The van der Waals surface area contributed by atoms with E-state index in [-0.39, 0.29) is 0 Å². The van der Waals surface area contributed by atoms with Crippen LogP contribution in [-0.4, -0.2) is 4.83 Å². The van der Waals surface area contributed by atoms with Gasteiger partial charge in [0.2, 0.25) is 0 Å². The van der Waals surface area contributed by atoms with E-state index in [0.717, 1.165) is 5.92 Å². The van der Waals surface area contributed by atoms with Crippen LogP contribution in [0.1, 0.15) is 46.5 Å². The van der Waals surface area contributed by atoms with Crippen molar-refractivity contribution in [3.05, 3.63) is 0 Å². The van der Waals surface area contributed by atoms with Crippen molar-refractivity contribution in [1.29, 1.82) is 0 Å². The highest BCUT2D eigenvalue weighted by atomic mass is 79.9. The molecule has 0 nitrogen and oxygen atoms in total. The van der Waals surface area contributed by atoms with Crippen LogP contribution in [0.4, 0.5) is 0 Å². The molecule has 0 aromatic carbocycles. The molecular weight excluding hydrogens is 188 g/mol. The van der Waals surface area contributed by atoms with E-state index in [4.69, 9.17) is 0 Å². The summed E-state index contributed by atoms with van der Waals surface area (Å²) >= 11 is 3.56. The summed E-state index contributed by atoms with van der Waals surface area (Å²) in [6.45, 7) is 6.79. The summed E-state index contributed by atoms with van der Waals surface area (Å²) in [7, 11) is 0. The average molecular weight is 207 g/mol. The SMILES string of the molecule is CCC(CC)CCC(C)Br. The van der Waals surface area contributed by atoms with Crippen molar-refractivity contribution in [2.24, 2.45) is 5.92 Å². The number of alkyl halides is 1. The van der Waals surface area contributed by atoms with Crippen molar-refractivity contribution in [3.63, 3.8) is 0 Å². The largest absolute Gasteiger partial charge is 0.0894 e. The van der Waals surface area contributed by atoms with E-state index in [1.165, 1.54) is 25.7 Å². The number of halogens is 1. The van der Waals surface area contributed by atoms with E-state index in [1.807, 2.05) is 0 Å². The van der Waals surface area contributed by atoms with Crippen LogP contribution in [0.15, 0.2) is 0 Å². The molecule has 0 fully saturated rings. The van der Waals surface area contributed by atoms with Crippen LogP contribution in [0.3, 0.4) is 0 Å². The molecule has 0 radical (unpaired) electrons. The standard InChI is InChI=1S/C9H19Br/c1-4-9(5-2)7-6-8(3)10/h8-9H,4-7H2,1-3H3. The highest BCUT2D eigenvalue weighted by Gasteiger charge is 2.04. The Hall–Kier alpha value is 0.480. The van der Waals surface area contributed by atoms with Crippen LogP contribution in [0.25, 0.3) is 0 Å². The van der Waals surface area contributed by atoms with Crippen LogP contribution in [0.2, 0.25) is 0 Å². The zero-order valence-electron chi connectivity index (χ0n) is 7.36. The first-order valence-corrected chi connectivity index (χ1v) is 5.26. The van der Waals surface area contributed by atoms with Crippen molar-refractivity contribution >= 4 is 15.9 Å². The molecule has 0 amide bonds. The van der Waals surface area contributed by atoms with Gasteiger partial charge < -0.3 is 0 Å². The first-order valence-electron chi connectivity index (χ1n) is 4.34. The van der Waals surface area contributed by atoms with E-state index in [9.17, 15) is 0 Å². The van der Waals surface area contributed by atoms with E-state index in [0.29, 0.717) is 4.83 Å². The van der Waals surface area contributed by atoms with Crippen molar-refractivity contribution < 1.29 is 0 Å². The van der Waals surface area contributed by atoms with E-state index in [1.54, 1.807) is 0 Å². The fourth-order valence-corrected chi connectivity index (χ4v) is 1.43. The maximum atomic E-state index is 3.56. The lowest BCUT2D eigenvalue weighted by Gasteiger charge is -2.12. The van der Waals surface area contributed by atoms with Crippen molar-refractivity contribution in [1.82, 2.24) is 0 Å². The molecule has 0 aromatic heterocycles. The third-order valence-electron chi connectivity index (χ3n) is 2.13. The minimum Gasteiger partial charge on any atom is -0.0894 e. The molecule has 1 unspecified atom stereocenters. The summed E-state index contributed by atoms with van der Waals surface area (Å²) in [6.07, 6.45) is 5.40. The normalized spacial score (nSPS) is 14.1. The first kappa shape index (κ1) is 10.5. The molecule has 0 heterocycles. The predicted molar refractivity (Wildman–Crippen MR) is 51.7 cm³/mol. The molecule has 1 atom stereocenters. The quantitative estimate of drug-likeness (QED) is 0.598. The lowest BCUT2D eigenvalue weighted by molar-refractivity contribution is 0.442. The first-order chi connectivity index (χ1) is 4.70. The smallest absolute Gasteiger partial charge is 0.0117 e. The Labute approximate surface area is 73.5 Å². The molecule has 0 aliphatic carbocycles. The summed E-state index contributed by atoms with van der Waals surface area (Å²) in [5.74, 6) is 0.958. The highest BCUT2D eigenvalue weighted by Crippen LogP contribution is 2.18. The summed E-state index contributed by atoms with van der Waals surface area (Å²) < 4.78 is 0. The fourth-order valence-electron chi connectivity index (χ4n) is 1.16. The Kier molecular flexibility index (Phi) is 6.50. The van der Waals surface area contributed by atoms with Crippen LogP contribution >= 0.6 is 15.9 Å².